The molecule has 2 aromatic carbocycles. The summed E-state index contributed by atoms with van der Waals surface area (Å²) in [6.07, 6.45) is -0.0188. The second-order valence-electron chi connectivity index (χ2n) is 8.09. The number of aryl methyl sites for hydroxylation is 1. The predicted molar refractivity (Wildman–Crippen MR) is 135 cm³/mol. The standard InChI is InChI=1S/C26H26N4O3S/c1-15-11-19(14-34-15)21-6-4-3-5-20(21)16(2)33-24-13-23(29-26(28)30-24)18-9-7-17(8-10-18)12-22(27)25(31)32/h3-11,13-14,16,22H,12,27H2,1-2H3,(H,31,32)(H2,28,29,30)/t16?,22-/m0/s1. The number of benzene rings is 2. The Kier molecular flexibility index (Phi) is 6.90. The van der Waals surface area contributed by atoms with Crippen LogP contribution in [0.2, 0.25) is 0 Å². The first-order valence-corrected chi connectivity index (χ1v) is 11.7. The lowest BCUT2D eigenvalue weighted by atomic mass is 9.98. The van der Waals surface area contributed by atoms with Gasteiger partial charge < -0.3 is 21.3 Å². The number of nitrogens with zero attached hydrogens (tertiary/aromatic N) is 2. The first-order valence-electron chi connectivity index (χ1n) is 10.8. The van der Waals surface area contributed by atoms with Gasteiger partial charge in [-0.25, -0.2) is 4.98 Å². The van der Waals surface area contributed by atoms with Gasteiger partial charge in [0.05, 0.1) is 5.69 Å². The van der Waals surface area contributed by atoms with Gasteiger partial charge in [-0.05, 0) is 54.0 Å². The van der Waals surface area contributed by atoms with E-state index in [4.69, 9.17) is 21.3 Å². The Morgan fingerprint density at radius 2 is 1.82 bits per heavy atom. The van der Waals surface area contributed by atoms with Crippen molar-refractivity contribution in [2.75, 3.05) is 5.73 Å². The van der Waals surface area contributed by atoms with Crippen LogP contribution >= 0.6 is 11.3 Å². The van der Waals surface area contributed by atoms with Gasteiger partial charge in [0.25, 0.3) is 0 Å². The molecule has 4 aromatic rings. The minimum atomic E-state index is -1.03. The van der Waals surface area contributed by atoms with Gasteiger partial charge in [-0.2, -0.15) is 4.98 Å². The summed E-state index contributed by atoms with van der Waals surface area (Å²) in [6, 6.07) is 18.5. The summed E-state index contributed by atoms with van der Waals surface area (Å²) in [7, 11) is 0. The summed E-state index contributed by atoms with van der Waals surface area (Å²) in [4.78, 5) is 20.9. The van der Waals surface area contributed by atoms with E-state index in [2.05, 4.69) is 40.5 Å². The third-order valence-corrected chi connectivity index (χ3v) is 6.34. The van der Waals surface area contributed by atoms with E-state index in [-0.39, 0.29) is 18.5 Å². The van der Waals surface area contributed by atoms with Gasteiger partial charge in [0.2, 0.25) is 11.8 Å². The van der Waals surface area contributed by atoms with Gasteiger partial charge >= 0.3 is 5.97 Å². The highest BCUT2D eigenvalue weighted by atomic mass is 32.1. The van der Waals surface area contributed by atoms with Gasteiger partial charge in [-0.15, -0.1) is 11.3 Å². The zero-order chi connectivity index (χ0) is 24.2. The largest absolute Gasteiger partial charge is 0.480 e. The number of thiophene rings is 1. The zero-order valence-electron chi connectivity index (χ0n) is 18.9. The van der Waals surface area contributed by atoms with Crippen LogP contribution in [0.3, 0.4) is 0 Å². The van der Waals surface area contributed by atoms with E-state index in [1.165, 1.54) is 10.4 Å². The van der Waals surface area contributed by atoms with Gasteiger partial charge in [0, 0.05) is 16.5 Å². The average molecular weight is 475 g/mol. The molecule has 4 rings (SSSR count). The first-order chi connectivity index (χ1) is 16.3. The lowest BCUT2D eigenvalue weighted by Crippen LogP contribution is -2.32. The van der Waals surface area contributed by atoms with E-state index >= 15 is 0 Å². The summed E-state index contributed by atoms with van der Waals surface area (Å²) < 4.78 is 6.21. The summed E-state index contributed by atoms with van der Waals surface area (Å²) in [5.41, 5.74) is 17.2. The van der Waals surface area contributed by atoms with Crippen molar-refractivity contribution in [2.24, 2.45) is 5.73 Å². The molecule has 0 saturated heterocycles. The van der Waals surface area contributed by atoms with Crippen molar-refractivity contribution in [1.29, 1.82) is 0 Å². The lowest BCUT2D eigenvalue weighted by Gasteiger charge is -2.18. The van der Waals surface area contributed by atoms with Crippen LogP contribution in [0.25, 0.3) is 22.4 Å². The highest BCUT2D eigenvalue weighted by Gasteiger charge is 2.16. The smallest absolute Gasteiger partial charge is 0.320 e. The third kappa shape index (κ3) is 5.41. The number of carbonyl (C=O) groups is 1. The Morgan fingerprint density at radius 1 is 1.09 bits per heavy atom. The van der Waals surface area contributed by atoms with E-state index in [1.54, 1.807) is 17.4 Å². The Morgan fingerprint density at radius 3 is 2.50 bits per heavy atom. The number of aromatic nitrogens is 2. The first kappa shape index (κ1) is 23.4. The van der Waals surface area contributed by atoms with E-state index in [0.717, 1.165) is 22.3 Å². The molecule has 0 bridgehead atoms. The molecule has 7 nitrogen and oxygen atoms in total. The molecule has 0 saturated carbocycles. The minimum Gasteiger partial charge on any atom is -0.480 e. The number of aliphatic carboxylic acids is 1. The molecule has 0 radical (unpaired) electrons. The molecule has 0 aliphatic heterocycles. The summed E-state index contributed by atoms with van der Waals surface area (Å²) >= 11 is 1.72. The van der Waals surface area contributed by atoms with Crippen molar-refractivity contribution in [3.8, 4) is 28.3 Å². The molecule has 174 valence electrons. The molecule has 2 heterocycles. The Bertz CT molecular complexity index is 1300. The van der Waals surface area contributed by atoms with Crippen molar-refractivity contribution in [1.82, 2.24) is 9.97 Å². The van der Waals surface area contributed by atoms with Crippen LogP contribution in [0.1, 0.15) is 29.0 Å². The summed E-state index contributed by atoms with van der Waals surface area (Å²) in [5.74, 6) is -0.541. The minimum absolute atomic E-state index is 0.110. The van der Waals surface area contributed by atoms with Crippen molar-refractivity contribution < 1.29 is 14.6 Å². The van der Waals surface area contributed by atoms with E-state index in [1.807, 2.05) is 43.3 Å². The van der Waals surface area contributed by atoms with Crippen LogP contribution in [0.4, 0.5) is 5.95 Å². The molecule has 5 N–H and O–H groups in total. The maximum absolute atomic E-state index is 11.0. The van der Waals surface area contributed by atoms with Gasteiger partial charge in [-0.1, -0.05) is 48.5 Å². The zero-order valence-corrected chi connectivity index (χ0v) is 19.8. The molecule has 0 fully saturated rings. The normalized spacial score (nSPS) is 12.8. The SMILES string of the molecule is Cc1cc(-c2ccccc2C(C)Oc2cc(-c3ccc(C[C@H](N)C(=O)O)cc3)nc(N)n2)cs1. The monoisotopic (exact) mass is 474 g/mol. The summed E-state index contributed by atoms with van der Waals surface area (Å²) in [5, 5.41) is 11.2. The Labute approximate surface area is 202 Å². The number of hydrogen-bond acceptors (Lipinski definition) is 7. The van der Waals surface area contributed by atoms with Crippen LogP contribution in [0.5, 0.6) is 5.88 Å². The fourth-order valence-electron chi connectivity index (χ4n) is 3.75. The Balaban J connectivity index is 1.56. The maximum Gasteiger partial charge on any atom is 0.320 e. The third-order valence-electron chi connectivity index (χ3n) is 5.48. The van der Waals surface area contributed by atoms with Crippen molar-refractivity contribution >= 4 is 23.3 Å². The topological polar surface area (TPSA) is 124 Å². The quantitative estimate of drug-likeness (QED) is 0.333. The van der Waals surface area contributed by atoms with Gasteiger partial charge in [0.15, 0.2) is 0 Å². The molecule has 0 amide bonds. The van der Waals surface area contributed by atoms with Crippen LogP contribution < -0.4 is 16.2 Å². The Hall–Kier alpha value is -3.75. The summed E-state index contributed by atoms with van der Waals surface area (Å²) in [6.45, 7) is 4.07. The average Bonchev–Trinajstić information content (AvgIpc) is 3.25. The number of carboxylic acids is 1. The molecular weight excluding hydrogens is 448 g/mol. The molecule has 0 aliphatic rings. The van der Waals surface area contributed by atoms with E-state index in [0.29, 0.717) is 11.6 Å². The molecule has 8 heteroatoms. The van der Waals surface area contributed by atoms with Crippen LogP contribution in [0, 0.1) is 6.92 Å². The molecule has 34 heavy (non-hydrogen) atoms. The van der Waals surface area contributed by atoms with Crippen LogP contribution in [0.15, 0.2) is 66.0 Å². The van der Waals surface area contributed by atoms with Crippen LogP contribution in [-0.2, 0) is 11.2 Å². The maximum atomic E-state index is 11.0. The number of rotatable bonds is 8. The second-order valence-corrected chi connectivity index (χ2v) is 9.20. The van der Waals surface area contributed by atoms with Crippen molar-refractivity contribution in [3.05, 3.63) is 82.0 Å². The number of ether oxygens (including phenoxy) is 1. The molecule has 2 atom stereocenters. The molecular formula is C26H26N4O3S. The fourth-order valence-corrected chi connectivity index (χ4v) is 4.45. The number of hydrogen-bond donors (Lipinski definition) is 3. The van der Waals surface area contributed by atoms with Crippen LogP contribution in [-0.4, -0.2) is 27.1 Å². The molecule has 1 unspecified atom stereocenters. The van der Waals surface area contributed by atoms with E-state index in [9.17, 15) is 4.79 Å². The number of anilines is 1. The molecule has 0 spiro atoms. The fraction of sp³-hybridized carbons (Fsp3) is 0.192. The second kappa shape index (κ2) is 10.0. The highest BCUT2D eigenvalue weighted by molar-refractivity contribution is 7.10. The number of nitrogens with two attached hydrogens (primary N) is 2. The molecule has 0 aliphatic carbocycles. The van der Waals surface area contributed by atoms with Gasteiger partial charge in [-0.3, -0.25) is 4.79 Å². The molecule has 2 aromatic heterocycles. The van der Waals surface area contributed by atoms with Crippen molar-refractivity contribution in [3.63, 3.8) is 0 Å². The number of carboxylic acid groups (broad SMARTS) is 1. The van der Waals surface area contributed by atoms with Crippen molar-refractivity contribution in [2.45, 2.75) is 32.4 Å². The number of nitrogen functional groups attached to an aromatic ring is 1. The highest BCUT2D eigenvalue weighted by Crippen LogP contribution is 2.33. The van der Waals surface area contributed by atoms with Gasteiger partial charge in [0.1, 0.15) is 12.1 Å². The predicted octanol–water partition coefficient (Wildman–Crippen LogP) is 4.86. The van der Waals surface area contributed by atoms with E-state index < -0.39 is 12.0 Å². The lowest BCUT2D eigenvalue weighted by molar-refractivity contribution is -0.138.